The molecule has 0 fully saturated rings. The third-order valence-corrected chi connectivity index (χ3v) is 3.37. The number of nitrogens with zero attached hydrogens (tertiary/aromatic N) is 1. The van der Waals surface area contributed by atoms with Crippen molar-refractivity contribution in [1.29, 1.82) is 0 Å². The molecule has 1 atom stereocenters. The highest BCUT2D eigenvalue weighted by molar-refractivity contribution is 7.10. The molecule has 0 aliphatic heterocycles. The first-order valence-corrected chi connectivity index (χ1v) is 5.98. The normalized spacial score (nSPS) is 13.4. The van der Waals surface area contributed by atoms with Crippen LogP contribution in [0.1, 0.15) is 23.8 Å². The molecule has 0 aliphatic carbocycles. The topological polar surface area (TPSA) is 15.3 Å². The number of rotatable bonds is 6. The van der Waals surface area contributed by atoms with Crippen LogP contribution in [-0.4, -0.2) is 32.6 Å². The van der Waals surface area contributed by atoms with Gasteiger partial charge in [0.25, 0.3) is 0 Å². The van der Waals surface area contributed by atoms with E-state index in [0.717, 1.165) is 6.54 Å². The minimum atomic E-state index is 0.586. The maximum absolute atomic E-state index is 3.19. The molecule has 2 nitrogen and oxygen atoms in total. The average Bonchev–Trinajstić information content (AvgIpc) is 2.64. The van der Waals surface area contributed by atoms with Crippen molar-refractivity contribution in [3.8, 4) is 0 Å². The van der Waals surface area contributed by atoms with Gasteiger partial charge in [-0.1, -0.05) is 6.07 Å². The molecule has 3 heteroatoms. The van der Waals surface area contributed by atoms with Crippen molar-refractivity contribution in [1.82, 2.24) is 10.2 Å². The van der Waals surface area contributed by atoms with Crippen LogP contribution in [0, 0.1) is 0 Å². The molecule has 0 saturated heterocycles. The summed E-state index contributed by atoms with van der Waals surface area (Å²) in [5.41, 5.74) is 0. The molecule has 80 valence electrons. The zero-order valence-corrected chi connectivity index (χ0v) is 10.1. The van der Waals surface area contributed by atoms with Gasteiger partial charge in [0.2, 0.25) is 0 Å². The average molecular weight is 212 g/mol. The van der Waals surface area contributed by atoms with Gasteiger partial charge in [0, 0.05) is 10.9 Å². The molecule has 14 heavy (non-hydrogen) atoms. The van der Waals surface area contributed by atoms with Crippen molar-refractivity contribution >= 4 is 11.3 Å². The first kappa shape index (κ1) is 11.7. The van der Waals surface area contributed by atoms with E-state index in [1.54, 1.807) is 0 Å². The maximum atomic E-state index is 3.19. The predicted octanol–water partition coefficient (Wildman–Crippen LogP) is 2.35. The van der Waals surface area contributed by atoms with Crippen molar-refractivity contribution in [2.45, 2.75) is 18.9 Å². The molecule has 1 aromatic rings. The summed E-state index contributed by atoms with van der Waals surface area (Å²) in [4.78, 5) is 3.78. The Kier molecular flexibility index (Phi) is 5.15. The smallest absolute Gasteiger partial charge is 0.0435 e. The van der Waals surface area contributed by atoms with E-state index in [0.29, 0.717) is 6.04 Å². The minimum absolute atomic E-state index is 0.586. The summed E-state index contributed by atoms with van der Waals surface area (Å²) in [6.45, 7) is 1.11. The van der Waals surface area contributed by atoms with Crippen LogP contribution in [0.4, 0.5) is 0 Å². The molecule has 0 saturated carbocycles. The Balaban J connectivity index is 2.48. The van der Waals surface area contributed by atoms with Gasteiger partial charge < -0.3 is 10.2 Å². The molecule has 1 unspecified atom stereocenters. The molecule has 0 aromatic carbocycles. The quantitative estimate of drug-likeness (QED) is 0.728. The summed E-state index contributed by atoms with van der Waals surface area (Å²) in [7, 11) is 6.32. The van der Waals surface area contributed by atoms with E-state index >= 15 is 0 Å². The lowest BCUT2D eigenvalue weighted by Crippen LogP contribution is -2.20. The van der Waals surface area contributed by atoms with Crippen LogP contribution in [0.15, 0.2) is 17.5 Å². The summed E-state index contributed by atoms with van der Waals surface area (Å²) < 4.78 is 0. The molecule has 0 bridgehead atoms. The highest BCUT2D eigenvalue weighted by atomic mass is 32.1. The SMILES string of the molecule is CNCCCC(c1cccs1)N(C)C. The van der Waals surface area contributed by atoms with E-state index in [1.807, 2.05) is 18.4 Å². The van der Waals surface area contributed by atoms with Gasteiger partial charge in [0.05, 0.1) is 0 Å². The van der Waals surface area contributed by atoms with Gasteiger partial charge in [0.15, 0.2) is 0 Å². The highest BCUT2D eigenvalue weighted by Crippen LogP contribution is 2.26. The molecule has 1 heterocycles. The fraction of sp³-hybridized carbons (Fsp3) is 0.636. The zero-order chi connectivity index (χ0) is 10.4. The van der Waals surface area contributed by atoms with Gasteiger partial charge in [-0.25, -0.2) is 0 Å². The molecular weight excluding hydrogens is 192 g/mol. The van der Waals surface area contributed by atoms with E-state index in [2.05, 4.69) is 41.8 Å². The van der Waals surface area contributed by atoms with Gasteiger partial charge in [-0.05, 0) is 52.0 Å². The highest BCUT2D eigenvalue weighted by Gasteiger charge is 2.13. The largest absolute Gasteiger partial charge is 0.320 e. The summed E-state index contributed by atoms with van der Waals surface area (Å²) in [5, 5.41) is 5.35. The van der Waals surface area contributed by atoms with Gasteiger partial charge in [-0.2, -0.15) is 0 Å². The maximum Gasteiger partial charge on any atom is 0.0435 e. The minimum Gasteiger partial charge on any atom is -0.320 e. The van der Waals surface area contributed by atoms with Crippen LogP contribution in [0.5, 0.6) is 0 Å². The lowest BCUT2D eigenvalue weighted by molar-refractivity contribution is 0.283. The Morgan fingerprint density at radius 1 is 1.50 bits per heavy atom. The third kappa shape index (κ3) is 3.40. The Bertz CT molecular complexity index is 231. The van der Waals surface area contributed by atoms with E-state index < -0.39 is 0 Å². The van der Waals surface area contributed by atoms with Crippen LogP contribution in [0.3, 0.4) is 0 Å². The molecule has 1 rings (SSSR count). The number of hydrogen-bond acceptors (Lipinski definition) is 3. The Labute approximate surface area is 90.9 Å². The Morgan fingerprint density at radius 3 is 2.79 bits per heavy atom. The first-order chi connectivity index (χ1) is 6.75. The number of nitrogens with one attached hydrogen (secondary N) is 1. The van der Waals surface area contributed by atoms with Gasteiger partial charge >= 0.3 is 0 Å². The lowest BCUT2D eigenvalue weighted by Gasteiger charge is -2.23. The van der Waals surface area contributed by atoms with E-state index in [1.165, 1.54) is 17.7 Å². The fourth-order valence-electron chi connectivity index (χ4n) is 1.61. The van der Waals surface area contributed by atoms with Crippen LogP contribution >= 0.6 is 11.3 Å². The fourth-order valence-corrected chi connectivity index (χ4v) is 2.57. The summed E-state index contributed by atoms with van der Waals surface area (Å²) in [6, 6.07) is 4.95. The van der Waals surface area contributed by atoms with Gasteiger partial charge in [0.1, 0.15) is 0 Å². The van der Waals surface area contributed by atoms with Crippen LogP contribution in [-0.2, 0) is 0 Å². The molecular formula is C11H20N2S. The van der Waals surface area contributed by atoms with Crippen molar-refractivity contribution in [3.05, 3.63) is 22.4 Å². The molecule has 1 N–H and O–H groups in total. The Morgan fingerprint density at radius 2 is 2.29 bits per heavy atom. The number of hydrogen-bond donors (Lipinski definition) is 1. The van der Waals surface area contributed by atoms with E-state index in [4.69, 9.17) is 0 Å². The summed E-state index contributed by atoms with van der Waals surface area (Å²) >= 11 is 1.86. The summed E-state index contributed by atoms with van der Waals surface area (Å²) in [5.74, 6) is 0. The Hall–Kier alpha value is -0.380. The monoisotopic (exact) mass is 212 g/mol. The van der Waals surface area contributed by atoms with Crippen molar-refractivity contribution in [3.63, 3.8) is 0 Å². The second-order valence-corrected chi connectivity index (χ2v) is 4.72. The molecule has 0 amide bonds. The van der Waals surface area contributed by atoms with Crippen molar-refractivity contribution in [2.75, 3.05) is 27.7 Å². The van der Waals surface area contributed by atoms with Crippen LogP contribution in [0.25, 0.3) is 0 Å². The molecule has 0 radical (unpaired) electrons. The number of thiophene rings is 1. The second kappa shape index (κ2) is 6.17. The van der Waals surface area contributed by atoms with Crippen LogP contribution < -0.4 is 5.32 Å². The van der Waals surface area contributed by atoms with E-state index in [9.17, 15) is 0 Å². The molecule has 0 aliphatic rings. The molecule has 0 spiro atoms. The van der Waals surface area contributed by atoms with E-state index in [-0.39, 0.29) is 0 Å². The second-order valence-electron chi connectivity index (χ2n) is 3.74. The van der Waals surface area contributed by atoms with Crippen LogP contribution in [0.2, 0.25) is 0 Å². The van der Waals surface area contributed by atoms with Crippen molar-refractivity contribution < 1.29 is 0 Å². The van der Waals surface area contributed by atoms with Gasteiger partial charge in [-0.15, -0.1) is 11.3 Å². The standard InChI is InChI=1S/C11H20N2S/c1-12-8-4-6-10(13(2)3)11-7-5-9-14-11/h5,7,9-10,12H,4,6,8H2,1-3H3. The third-order valence-electron chi connectivity index (χ3n) is 2.40. The zero-order valence-electron chi connectivity index (χ0n) is 9.29. The molecule has 1 aromatic heterocycles. The first-order valence-electron chi connectivity index (χ1n) is 5.10. The summed E-state index contributed by atoms with van der Waals surface area (Å²) in [6.07, 6.45) is 2.46. The lowest BCUT2D eigenvalue weighted by atomic mass is 10.1. The van der Waals surface area contributed by atoms with Crippen molar-refractivity contribution in [2.24, 2.45) is 0 Å². The predicted molar refractivity (Wildman–Crippen MR) is 63.9 cm³/mol. The van der Waals surface area contributed by atoms with Gasteiger partial charge in [-0.3, -0.25) is 0 Å².